The van der Waals surface area contributed by atoms with Crippen molar-refractivity contribution >= 4 is 5.69 Å². The highest BCUT2D eigenvalue weighted by molar-refractivity contribution is 5.51. The minimum atomic E-state index is 0.315. The van der Waals surface area contributed by atoms with Gasteiger partial charge < -0.3 is 10.4 Å². The van der Waals surface area contributed by atoms with E-state index in [4.69, 9.17) is 0 Å². The second-order valence-electron chi connectivity index (χ2n) is 4.27. The largest absolute Gasteiger partial charge is 0.508 e. The van der Waals surface area contributed by atoms with Crippen LogP contribution < -0.4 is 5.32 Å². The minimum Gasteiger partial charge on any atom is -0.508 e. The van der Waals surface area contributed by atoms with Crippen LogP contribution >= 0.6 is 0 Å². The van der Waals surface area contributed by atoms with Gasteiger partial charge in [0.2, 0.25) is 0 Å². The Morgan fingerprint density at radius 1 is 1.29 bits per heavy atom. The Bertz CT molecular complexity index is 512. The monoisotopic (exact) mass is 231 g/mol. The van der Waals surface area contributed by atoms with Gasteiger partial charge in [-0.15, -0.1) is 0 Å². The molecule has 0 fully saturated rings. The van der Waals surface area contributed by atoms with E-state index in [2.05, 4.69) is 15.5 Å². The van der Waals surface area contributed by atoms with E-state index in [0.717, 1.165) is 22.6 Å². The first-order valence-corrected chi connectivity index (χ1v) is 5.62. The molecule has 1 aromatic heterocycles. The number of aryl methyl sites for hydroxylation is 3. The lowest BCUT2D eigenvalue weighted by molar-refractivity contribution is 0.471. The molecule has 0 spiro atoms. The van der Waals surface area contributed by atoms with Crippen LogP contribution in [0.1, 0.15) is 22.5 Å². The fourth-order valence-corrected chi connectivity index (χ4v) is 1.74. The number of phenols is 1. The summed E-state index contributed by atoms with van der Waals surface area (Å²) >= 11 is 0. The molecule has 0 aliphatic heterocycles. The van der Waals surface area contributed by atoms with Crippen LogP contribution in [0.4, 0.5) is 5.69 Å². The van der Waals surface area contributed by atoms with E-state index in [1.807, 2.05) is 32.9 Å². The molecule has 0 unspecified atom stereocenters. The summed E-state index contributed by atoms with van der Waals surface area (Å²) in [6, 6.07) is 5.59. The first kappa shape index (κ1) is 11.5. The third-order valence-corrected chi connectivity index (χ3v) is 2.96. The quantitative estimate of drug-likeness (QED) is 0.761. The van der Waals surface area contributed by atoms with Gasteiger partial charge in [-0.3, -0.25) is 5.10 Å². The van der Waals surface area contributed by atoms with Crippen LogP contribution in [0.3, 0.4) is 0 Å². The lowest BCUT2D eigenvalue weighted by atomic mass is 10.1. The average Bonchev–Trinajstić information content (AvgIpc) is 2.61. The fourth-order valence-electron chi connectivity index (χ4n) is 1.74. The summed E-state index contributed by atoms with van der Waals surface area (Å²) in [7, 11) is 0. The Labute approximate surface area is 101 Å². The molecule has 90 valence electrons. The van der Waals surface area contributed by atoms with E-state index in [1.165, 1.54) is 5.56 Å². The Morgan fingerprint density at radius 2 is 2.06 bits per heavy atom. The van der Waals surface area contributed by atoms with Gasteiger partial charge in [0.1, 0.15) is 5.75 Å². The first-order valence-electron chi connectivity index (χ1n) is 5.62. The van der Waals surface area contributed by atoms with Gasteiger partial charge in [-0.1, -0.05) is 6.07 Å². The number of nitrogens with zero attached hydrogens (tertiary/aromatic N) is 1. The van der Waals surface area contributed by atoms with E-state index < -0.39 is 0 Å². The molecule has 3 N–H and O–H groups in total. The topological polar surface area (TPSA) is 60.9 Å². The lowest BCUT2D eigenvalue weighted by Gasteiger charge is -2.08. The molecule has 0 amide bonds. The summed E-state index contributed by atoms with van der Waals surface area (Å²) in [5.74, 6) is 0.315. The predicted octanol–water partition coefficient (Wildman–Crippen LogP) is 2.65. The van der Waals surface area contributed by atoms with E-state index in [9.17, 15) is 5.11 Å². The summed E-state index contributed by atoms with van der Waals surface area (Å²) in [5, 5.41) is 20.0. The van der Waals surface area contributed by atoms with E-state index in [0.29, 0.717) is 12.3 Å². The number of nitrogens with one attached hydrogen (secondary N) is 2. The maximum absolute atomic E-state index is 9.61. The highest BCUT2D eigenvalue weighted by Gasteiger charge is 2.06. The first-order chi connectivity index (χ1) is 8.08. The van der Waals surface area contributed by atoms with Crippen LogP contribution in [0.5, 0.6) is 5.75 Å². The van der Waals surface area contributed by atoms with Crippen LogP contribution in [0.2, 0.25) is 0 Å². The second-order valence-corrected chi connectivity index (χ2v) is 4.27. The molecule has 0 aliphatic rings. The maximum atomic E-state index is 9.61. The summed E-state index contributed by atoms with van der Waals surface area (Å²) in [6.07, 6.45) is 0. The molecular weight excluding hydrogens is 214 g/mol. The molecule has 4 nitrogen and oxygen atoms in total. The number of benzene rings is 1. The van der Waals surface area contributed by atoms with Crippen molar-refractivity contribution in [1.29, 1.82) is 0 Å². The second kappa shape index (κ2) is 4.49. The number of phenolic OH excluding ortho intramolecular Hbond substituents is 1. The zero-order valence-corrected chi connectivity index (χ0v) is 10.3. The Morgan fingerprint density at radius 3 is 2.65 bits per heavy atom. The number of anilines is 1. The minimum absolute atomic E-state index is 0.315. The zero-order valence-electron chi connectivity index (χ0n) is 10.3. The summed E-state index contributed by atoms with van der Waals surface area (Å²) in [6.45, 7) is 6.57. The Hall–Kier alpha value is -1.97. The van der Waals surface area contributed by atoms with Gasteiger partial charge in [-0.25, -0.2) is 0 Å². The normalized spacial score (nSPS) is 10.5. The van der Waals surface area contributed by atoms with Gasteiger partial charge in [0, 0.05) is 29.6 Å². The molecule has 17 heavy (non-hydrogen) atoms. The van der Waals surface area contributed by atoms with Crippen LogP contribution in [-0.4, -0.2) is 15.3 Å². The van der Waals surface area contributed by atoms with Crippen molar-refractivity contribution in [3.63, 3.8) is 0 Å². The highest BCUT2D eigenvalue weighted by atomic mass is 16.3. The molecule has 1 aromatic carbocycles. The van der Waals surface area contributed by atoms with Crippen LogP contribution in [0.15, 0.2) is 18.2 Å². The van der Waals surface area contributed by atoms with Crippen LogP contribution in [0.25, 0.3) is 0 Å². The number of rotatable bonds is 3. The van der Waals surface area contributed by atoms with Crippen LogP contribution in [0, 0.1) is 20.8 Å². The third kappa shape index (κ3) is 2.41. The van der Waals surface area contributed by atoms with E-state index >= 15 is 0 Å². The molecular formula is C13H17N3O. The fraction of sp³-hybridized carbons (Fsp3) is 0.308. The van der Waals surface area contributed by atoms with Crippen molar-refractivity contribution < 1.29 is 5.11 Å². The maximum Gasteiger partial charge on any atom is 0.120 e. The number of aromatic hydroxyl groups is 1. The van der Waals surface area contributed by atoms with Gasteiger partial charge in [0.15, 0.2) is 0 Å². The molecule has 2 aromatic rings. The number of aromatic nitrogens is 2. The molecule has 1 heterocycles. The SMILES string of the molecule is Cc1ccc(NCc2c(C)n[nH]c2C)cc1O. The number of hydrogen-bond donors (Lipinski definition) is 3. The van der Waals surface area contributed by atoms with Crippen molar-refractivity contribution in [3.05, 3.63) is 40.7 Å². The van der Waals surface area contributed by atoms with E-state index in [-0.39, 0.29) is 0 Å². The van der Waals surface area contributed by atoms with Gasteiger partial charge in [-0.05, 0) is 32.4 Å². The molecule has 0 atom stereocenters. The summed E-state index contributed by atoms with van der Waals surface area (Å²) in [5.41, 5.74) is 5.04. The Kier molecular flexibility index (Phi) is 3.04. The smallest absolute Gasteiger partial charge is 0.120 e. The van der Waals surface area contributed by atoms with Crippen molar-refractivity contribution in [2.45, 2.75) is 27.3 Å². The predicted molar refractivity (Wildman–Crippen MR) is 68.2 cm³/mol. The molecule has 2 rings (SSSR count). The highest BCUT2D eigenvalue weighted by Crippen LogP contribution is 2.21. The molecule has 0 aliphatic carbocycles. The molecule has 0 saturated carbocycles. The van der Waals surface area contributed by atoms with E-state index in [1.54, 1.807) is 6.07 Å². The molecule has 0 bridgehead atoms. The van der Waals surface area contributed by atoms with Crippen molar-refractivity contribution in [1.82, 2.24) is 10.2 Å². The molecule has 0 saturated heterocycles. The number of aromatic amines is 1. The van der Waals surface area contributed by atoms with Gasteiger partial charge >= 0.3 is 0 Å². The van der Waals surface area contributed by atoms with Gasteiger partial charge in [-0.2, -0.15) is 5.10 Å². The van der Waals surface area contributed by atoms with Crippen molar-refractivity contribution in [2.24, 2.45) is 0 Å². The van der Waals surface area contributed by atoms with Gasteiger partial charge in [0.05, 0.1) is 5.69 Å². The zero-order chi connectivity index (χ0) is 12.4. The molecule has 0 radical (unpaired) electrons. The number of H-pyrrole nitrogens is 1. The summed E-state index contributed by atoms with van der Waals surface area (Å²) in [4.78, 5) is 0. The third-order valence-electron chi connectivity index (χ3n) is 2.96. The lowest BCUT2D eigenvalue weighted by Crippen LogP contribution is -2.01. The van der Waals surface area contributed by atoms with Crippen LogP contribution in [-0.2, 0) is 6.54 Å². The van der Waals surface area contributed by atoms with Gasteiger partial charge in [0.25, 0.3) is 0 Å². The summed E-state index contributed by atoms with van der Waals surface area (Å²) < 4.78 is 0. The Balaban J connectivity index is 2.10. The number of hydrogen-bond acceptors (Lipinski definition) is 3. The average molecular weight is 231 g/mol. The molecule has 4 heteroatoms. The van der Waals surface area contributed by atoms with Crippen molar-refractivity contribution in [2.75, 3.05) is 5.32 Å². The standard InChI is InChI=1S/C13H17N3O/c1-8-4-5-11(6-13(8)17)14-7-12-9(2)15-16-10(12)3/h4-6,14,17H,7H2,1-3H3,(H,15,16). The van der Waals surface area contributed by atoms with Crippen molar-refractivity contribution in [3.8, 4) is 5.75 Å².